The second-order valence-electron chi connectivity index (χ2n) is 5.64. The quantitative estimate of drug-likeness (QED) is 0.296. The summed E-state index contributed by atoms with van der Waals surface area (Å²) in [7, 11) is 3.09. The number of carbonyl (C=O) groups is 1. The summed E-state index contributed by atoms with van der Waals surface area (Å²) in [5, 5.41) is 11.4. The molecule has 0 radical (unpaired) electrons. The minimum atomic E-state index is -0.424. The molecule has 9 heteroatoms. The van der Waals surface area contributed by atoms with Crippen LogP contribution in [0, 0.1) is 4.77 Å². The van der Waals surface area contributed by atoms with E-state index in [4.69, 9.17) is 26.4 Å². The third kappa shape index (κ3) is 4.26. The summed E-state index contributed by atoms with van der Waals surface area (Å²) in [5.74, 6) is 1.58. The van der Waals surface area contributed by atoms with E-state index in [0.717, 1.165) is 11.1 Å². The number of nitrogens with zero attached hydrogens (tertiary/aromatic N) is 3. The molecule has 0 aliphatic heterocycles. The van der Waals surface area contributed by atoms with Crippen LogP contribution in [-0.2, 0) is 4.79 Å². The molecule has 0 fully saturated rings. The van der Waals surface area contributed by atoms with E-state index in [2.05, 4.69) is 15.3 Å². The molecule has 0 aliphatic carbocycles. The van der Waals surface area contributed by atoms with Crippen molar-refractivity contribution in [2.75, 3.05) is 14.2 Å². The monoisotopic (exact) mass is 398 g/mol. The van der Waals surface area contributed by atoms with E-state index in [9.17, 15) is 4.79 Å². The number of H-pyrrole nitrogens is 1. The Bertz CT molecular complexity index is 1090. The fraction of sp³-hybridized carbons (Fsp3) is 0.158. The highest BCUT2D eigenvalue weighted by Gasteiger charge is 2.10. The summed E-state index contributed by atoms with van der Waals surface area (Å²) in [6.07, 6.45) is 1.61. The van der Waals surface area contributed by atoms with Crippen molar-refractivity contribution < 1.29 is 19.0 Å². The molecule has 3 rings (SSSR count). The molecule has 1 aromatic heterocycles. The van der Waals surface area contributed by atoms with Crippen LogP contribution in [-0.4, -0.2) is 41.3 Å². The maximum absolute atomic E-state index is 11.2. The van der Waals surface area contributed by atoms with Crippen molar-refractivity contribution in [2.45, 2.75) is 6.92 Å². The molecule has 0 atom stereocenters. The van der Waals surface area contributed by atoms with E-state index in [1.165, 1.54) is 18.7 Å². The van der Waals surface area contributed by atoms with Crippen LogP contribution >= 0.6 is 12.2 Å². The molecule has 144 valence electrons. The number of esters is 1. The van der Waals surface area contributed by atoms with Crippen LogP contribution < -0.4 is 14.2 Å². The lowest BCUT2D eigenvalue weighted by Crippen LogP contribution is -2.03. The highest BCUT2D eigenvalue weighted by Crippen LogP contribution is 2.28. The standard InChI is InChI=1S/C19H18N4O4S/c1-12(24)27-16-8-7-13(9-17(16)26-3)11-20-23-18(21-22-19(23)28)14-5-4-6-15(10-14)25-2/h4-11H,1-3H3,(H,22,28)/b20-11+. The van der Waals surface area contributed by atoms with Crippen LogP contribution in [0.1, 0.15) is 12.5 Å². The summed E-state index contributed by atoms with van der Waals surface area (Å²) in [6.45, 7) is 1.33. The maximum atomic E-state index is 11.2. The predicted molar refractivity (Wildman–Crippen MR) is 107 cm³/mol. The summed E-state index contributed by atoms with van der Waals surface area (Å²) >= 11 is 5.28. The Morgan fingerprint density at radius 2 is 2.00 bits per heavy atom. The number of benzene rings is 2. The largest absolute Gasteiger partial charge is 0.497 e. The predicted octanol–water partition coefficient (Wildman–Crippen LogP) is 3.43. The third-order valence-corrected chi connectivity index (χ3v) is 4.01. The molecule has 0 spiro atoms. The highest BCUT2D eigenvalue weighted by atomic mass is 32.1. The van der Waals surface area contributed by atoms with Gasteiger partial charge in [-0.05, 0) is 48.1 Å². The van der Waals surface area contributed by atoms with Gasteiger partial charge in [-0.2, -0.15) is 14.9 Å². The first-order chi connectivity index (χ1) is 13.5. The number of hydrogen-bond donors (Lipinski definition) is 1. The Morgan fingerprint density at radius 3 is 2.71 bits per heavy atom. The number of methoxy groups -OCH3 is 2. The zero-order valence-corrected chi connectivity index (χ0v) is 16.3. The van der Waals surface area contributed by atoms with Crippen LogP contribution in [0.2, 0.25) is 0 Å². The first kappa shape index (κ1) is 19.3. The Kier molecular flexibility index (Phi) is 5.85. The first-order valence-corrected chi connectivity index (χ1v) is 8.65. The average Bonchev–Trinajstić information content (AvgIpc) is 3.07. The molecule has 0 unspecified atom stereocenters. The zero-order chi connectivity index (χ0) is 20.1. The molecule has 8 nitrogen and oxygen atoms in total. The van der Waals surface area contributed by atoms with Gasteiger partial charge in [-0.15, -0.1) is 0 Å². The molecule has 0 amide bonds. The summed E-state index contributed by atoms with van der Waals surface area (Å²) in [4.78, 5) is 11.2. The van der Waals surface area contributed by atoms with E-state index in [0.29, 0.717) is 27.8 Å². The van der Waals surface area contributed by atoms with Crippen molar-refractivity contribution in [3.63, 3.8) is 0 Å². The number of hydrogen-bond acceptors (Lipinski definition) is 7. The molecule has 1 heterocycles. The van der Waals surface area contributed by atoms with Crippen molar-refractivity contribution in [3.05, 3.63) is 52.8 Å². The lowest BCUT2D eigenvalue weighted by molar-refractivity contribution is -0.132. The Labute approximate surface area is 166 Å². The molecule has 0 saturated carbocycles. The Balaban J connectivity index is 1.94. The Hall–Kier alpha value is -3.46. The van der Waals surface area contributed by atoms with Crippen molar-refractivity contribution in [1.29, 1.82) is 0 Å². The summed E-state index contributed by atoms with van der Waals surface area (Å²) in [5.41, 5.74) is 1.53. The van der Waals surface area contributed by atoms with E-state index >= 15 is 0 Å². The van der Waals surface area contributed by atoms with Gasteiger partial charge >= 0.3 is 5.97 Å². The van der Waals surface area contributed by atoms with Crippen molar-refractivity contribution in [2.24, 2.45) is 5.10 Å². The molecule has 2 aromatic carbocycles. The van der Waals surface area contributed by atoms with Gasteiger partial charge in [-0.3, -0.25) is 4.79 Å². The topological polar surface area (TPSA) is 90.7 Å². The third-order valence-electron chi connectivity index (χ3n) is 3.74. The number of carbonyl (C=O) groups excluding carboxylic acids is 1. The summed E-state index contributed by atoms with van der Waals surface area (Å²) in [6, 6.07) is 12.5. The number of aromatic amines is 1. The zero-order valence-electron chi connectivity index (χ0n) is 15.5. The minimum Gasteiger partial charge on any atom is -0.497 e. The lowest BCUT2D eigenvalue weighted by atomic mass is 10.2. The molecular weight excluding hydrogens is 380 g/mol. The fourth-order valence-electron chi connectivity index (χ4n) is 2.48. The van der Waals surface area contributed by atoms with Gasteiger partial charge in [0.25, 0.3) is 0 Å². The van der Waals surface area contributed by atoms with Crippen LogP contribution in [0.25, 0.3) is 11.4 Å². The number of nitrogens with one attached hydrogen (secondary N) is 1. The second-order valence-corrected chi connectivity index (χ2v) is 6.03. The van der Waals surface area contributed by atoms with Gasteiger partial charge in [0.1, 0.15) is 5.75 Å². The first-order valence-electron chi connectivity index (χ1n) is 8.24. The van der Waals surface area contributed by atoms with Crippen LogP contribution in [0.4, 0.5) is 0 Å². The molecule has 28 heavy (non-hydrogen) atoms. The van der Waals surface area contributed by atoms with Crippen molar-refractivity contribution in [1.82, 2.24) is 14.9 Å². The average molecular weight is 398 g/mol. The van der Waals surface area contributed by atoms with Crippen molar-refractivity contribution in [3.8, 4) is 28.6 Å². The Morgan fingerprint density at radius 1 is 1.18 bits per heavy atom. The highest BCUT2D eigenvalue weighted by molar-refractivity contribution is 7.71. The molecule has 1 N–H and O–H groups in total. The van der Waals surface area contributed by atoms with E-state index in [-0.39, 0.29) is 0 Å². The van der Waals surface area contributed by atoms with Crippen LogP contribution in [0.5, 0.6) is 17.2 Å². The molecule has 0 aliphatic rings. The number of ether oxygens (including phenoxy) is 3. The van der Waals surface area contributed by atoms with E-state index in [1.54, 1.807) is 31.5 Å². The van der Waals surface area contributed by atoms with Gasteiger partial charge in [0.05, 0.1) is 20.4 Å². The molecular formula is C19H18N4O4S. The smallest absolute Gasteiger partial charge is 0.308 e. The van der Waals surface area contributed by atoms with E-state index < -0.39 is 5.97 Å². The van der Waals surface area contributed by atoms with Gasteiger partial charge in [-0.25, -0.2) is 5.10 Å². The summed E-state index contributed by atoms with van der Waals surface area (Å²) < 4.78 is 17.5. The van der Waals surface area contributed by atoms with Gasteiger partial charge in [0, 0.05) is 12.5 Å². The molecule has 0 saturated heterocycles. The lowest BCUT2D eigenvalue weighted by Gasteiger charge is -2.08. The van der Waals surface area contributed by atoms with Crippen LogP contribution in [0.15, 0.2) is 47.6 Å². The minimum absolute atomic E-state index is 0.337. The van der Waals surface area contributed by atoms with Crippen molar-refractivity contribution >= 4 is 24.4 Å². The SMILES string of the molecule is COc1cccc(-c2n[nH]c(=S)n2/N=C/c2ccc(OC(C)=O)c(OC)c2)c1. The van der Waals surface area contributed by atoms with Crippen LogP contribution in [0.3, 0.4) is 0 Å². The van der Waals surface area contributed by atoms with Gasteiger partial charge in [-0.1, -0.05) is 12.1 Å². The molecule has 0 bridgehead atoms. The maximum Gasteiger partial charge on any atom is 0.308 e. The number of aromatic nitrogens is 3. The van der Waals surface area contributed by atoms with E-state index in [1.807, 2.05) is 24.3 Å². The van der Waals surface area contributed by atoms with Gasteiger partial charge < -0.3 is 14.2 Å². The fourth-order valence-corrected chi connectivity index (χ4v) is 2.66. The second kappa shape index (κ2) is 8.49. The normalized spacial score (nSPS) is 10.8. The van der Waals surface area contributed by atoms with Gasteiger partial charge in [0.15, 0.2) is 17.3 Å². The number of rotatable bonds is 6. The van der Waals surface area contributed by atoms with Gasteiger partial charge in [0.2, 0.25) is 4.77 Å². The molecule has 3 aromatic rings.